The molecule has 0 spiro atoms. The molecule has 1 aromatic rings. The van der Waals surface area contributed by atoms with Gasteiger partial charge in [-0.25, -0.2) is 4.99 Å². The van der Waals surface area contributed by atoms with E-state index in [1.807, 2.05) is 51.1 Å². The van der Waals surface area contributed by atoms with Gasteiger partial charge in [-0.3, -0.25) is 9.80 Å². The summed E-state index contributed by atoms with van der Waals surface area (Å²) in [5.41, 5.74) is 5.13. The largest absolute Gasteiger partial charge is 0.384 e. The maximum Gasteiger partial charge on any atom is 0.244 e. The summed E-state index contributed by atoms with van der Waals surface area (Å²) in [6, 6.07) is 6.91. The Balaban J connectivity index is 0.00000166. The molecule has 0 saturated carbocycles. The number of carbonyl (C=O) groups excluding carboxylic acids is 1. The van der Waals surface area contributed by atoms with Crippen LogP contribution in [-0.2, 0) is 9.63 Å². The molecular formula is C22H27Cl2N5O2. The van der Waals surface area contributed by atoms with Crippen molar-refractivity contribution in [3.8, 4) is 0 Å². The van der Waals surface area contributed by atoms with Crippen molar-refractivity contribution in [1.29, 1.82) is 0 Å². The van der Waals surface area contributed by atoms with Gasteiger partial charge >= 0.3 is 0 Å². The van der Waals surface area contributed by atoms with Crippen LogP contribution in [0.25, 0.3) is 0 Å². The van der Waals surface area contributed by atoms with Crippen LogP contribution in [0.4, 0.5) is 0 Å². The highest BCUT2D eigenvalue weighted by Gasteiger charge is 2.35. The van der Waals surface area contributed by atoms with Crippen LogP contribution in [-0.4, -0.2) is 47.3 Å². The summed E-state index contributed by atoms with van der Waals surface area (Å²) in [7, 11) is 0. The molecule has 2 heterocycles. The van der Waals surface area contributed by atoms with Crippen molar-refractivity contribution >= 4 is 40.7 Å². The van der Waals surface area contributed by atoms with E-state index in [1.165, 1.54) is 0 Å². The number of halogens is 2. The van der Waals surface area contributed by atoms with Crippen LogP contribution in [0, 0.1) is 0 Å². The number of alkyl halides is 1. The van der Waals surface area contributed by atoms with Gasteiger partial charge in [0.1, 0.15) is 5.88 Å². The lowest BCUT2D eigenvalue weighted by atomic mass is 10.0. The van der Waals surface area contributed by atoms with Crippen molar-refractivity contribution < 1.29 is 9.63 Å². The van der Waals surface area contributed by atoms with E-state index in [4.69, 9.17) is 28.0 Å². The number of hydroxylamine groups is 1. The monoisotopic (exact) mass is 463 g/mol. The van der Waals surface area contributed by atoms with E-state index in [2.05, 4.69) is 27.5 Å². The third kappa shape index (κ3) is 6.43. The van der Waals surface area contributed by atoms with Crippen LogP contribution in [0.5, 0.6) is 0 Å². The molecule has 0 aliphatic carbocycles. The molecule has 0 bridgehead atoms. The molecule has 2 aliphatic rings. The molecular weight excluding hydrogens is 437 g/mol. The third-order valence-corrected chi connectivity index (χ3v) is 4.75. The molecule has 1 aromatic carbocycles. The van der Waals surface area contributed by atoms with E-state index < -0.39 is 6.29 Å². The predicted octanol–water partition coefficient (Wildman–Crippen LogP) is 4.01. The van der Waals surface area contributed by atoms with E-state index in [9.17, 15) is 4.79 Å². The van der Waals surface area contributed by atoms with Gasteiger partial charge in [0.15, 0.2) is 0 Å². The topological polar surface area (TPSA) is 78.3 Å². The number of allylic oxidation sites excluding steroid dienone is 3. The third-order valence-electron chi connectivity index (χ3n) is 4.25. The number of nitrogens with one attached hydrogen (secondary N) is 2. The van der Waals surface area contributed by atoms with Crippen LogP contribution < -0.4 is 10.8 Å². The minimum Gasteiger partial charge on any atom is -0.384 e. The Morgan fingerprint density at radius 1 is 1.39 bits per heavy atom. The lowest BCUT2D eigenvalue weighted by Crippen LogP contribution is -2.46. The number of aliphatic imine (C=N–C) groups is 1. The maximum absolute atomic E-state index is 11.9. The lowest BCUT2D eigenvalue weighted by Gasteiger charge is -2.19. The van der Waals surface area contributed by atoms with E-state index in [0.29, 0.717) is 23.2 Å². The Hall–Kier alpha value is -2.61. The van der Waals surface area contributed by atoms with Gasteiger partial charge in [0.25, 0.3) is 0 Å². The van der Waals surface area contributed by atoms with Gasteiger partial charge in [0.2, 0.25) is 18.1 Å². The van der Waals surface area contributed by atoms with Gasteiger partial charge in [-0.1, -0.05) is 62.4 Å². The van der Waals surface area contributed by atoms with Gasteiger partial charge < -0.3 is 10.2 Å². The minimum absolute atomic E-state index is 0.129. The van der Waals surface area contributed by atoms with E-state index >= 15 is 0 Å². The molecule has 3 rings (SSSR count). The fourth-order valence-corrected chi connectivity index (χ4v) is 3.07. The van der Waals surface area contributed by atoms with Crippen LogP contribution >= 0.6 is 23.2 Å². The SMILES string of the molecule is C=C/C(=C\C=C/C)C1=NC(N2CC(NC(=O)CCl)C(c3ccc(Cl)cc3)=N2)NO1.CC. The average Bonchev–Trinajstić information content (AvgIpc) is 3.44. The lowest BCUT2D eigenvalue weighted by molar-refractivity contribution is -0.119. The second kappa shape index (κ2) is 12.3. The van der Waals surface area contributed by atoms with E-state index in [1.54, 1.807) is 23.2 Å². The molecule has 2 N–H and O–H groups in total. The molecule has 0 saturated heterocycles. The maximum atomic E-state index is 11.9. The van der Waals surface area contributed by atoms with Crippen molar-refractivity contribution in [1.82, 2.24) is 15.8 Å². The Morgan fingerprint density at radius 3 is 2.71 bits per heavy atom. The number of nitrogens with zero attached hydrogens (tertiary/aromatic N) is 3. The predicted molar refractivity (Wildman–Crippen MR) is 127 cm³/mol. The summed E-state index contributed by atoms with van der Waals surface area (Å²) in [5.74, 6) is 0.0125. The summed E-state index contributed by atoms with van der Waals surface area (Å²) in [6.07, 6.45) is 6.75. The standard InChI is InChI=1S/C20H21Cl2N5O2.C2H6/c1-3-5-6-13(4-2)19-24-20(26-29-19)27-12-16(23-17(28)11-21)18(25-27)14-7-9-15(22)10-8-14;1-2/h3-10,16,20,26H,2,11-12H2,1H3,(H,23,28);1-2H3/b5-3-,13-6+;. The number of rotatable bonds is 7. The van der Waals surface area contributed by atoms with Gasteiger partial charge in [0.05, 0.1) is 18.3 Å². The second-order valence-corrected chi connectivity index (χ2v) is 6.95. The van der Waals surface area contributed by atoms with Gasteiger partial charge in [-0.15, -0.1) is 17.1 Å². The van der Waals surface area contributed by atoms with Gasteiger partial charge in [-0.05, 0) is 25.1 Å². The first-order valence-electron chi connectivity index (χ1n) is 9.98. The van der Waals surface area contributed by atoms with Gasteiger partial charge in [0, 0.05) is 16.2 Å². The molecule has 7 nitrogen and oxygen atoms in total. The highest BCUT2D eigenvalue weighted by molar-refractivity contribution is 6.30. The summed E-state index contributed by atoms with van der Waals surface area (Å²) < 4.78 is 0. The van der Waals surface area contributed by atoms with Gasteiger partial charge in [-0.2, -0.15) is 5.10 Å². The summed E-state index contributed by atoms with van der Waals surface area (Å²) >= 11 is 11.7. The highest BCUT2D eigenvalue weighted by Crippen LogP contribution is 2.21. The van der Waals surface area contributed by atoms with Crippen LogP contribution in [0.3, 0.4) is 0 Å². The Morgan fingerprint density at radius 2 is 2.10 bits per heavy atom. The molecule has 2 atom stereocenters. The van der Waals surface area contributed by atoms with Crippen molar-refractivity contribution in [3.05, 3.63) is 71.3 Å². The first-order valence-corrected chi connectivity index (χ1v) is 10.9. The number of benzene rings is 1. The molecule has 9 heteroatoms. The fraction of sp³-hybridized carbons (Fsp3) is 0.318. The Kier molecular flexibility index (Phi) is 9.78. The molecule has 2 unspecified atom stereocenters. The molecule has 0 fully saturated rings. The smallest absolute Gasteiger partial charge is 0.244 e. The normalized spacial score (nSPS) is 20.5. The Bertz CT molecular complexity index is 894. The van der Waals surface area contributed by atoms with Crippen molar-refractivity contribution in [2.45, 2.75) is 33.1 Å². The van der Waals surface area contributed by atoms with Crippen LogP contribution in [0.1, 0.15) is 26.3 Å². The minimum atomic E-state index is -0.542. The van der Waals surface area contributed by atoms with Crippen LogP contribution in [0.15, 0.2) is 70.8 Å². The molecule has 0 radical (unpaired) electrons. The zero-order valence-electron chi connectivity index (χ0n) is 17.8. The van der Waals surface area contributed by atoms with Crippen LogP contribution in [0.2, 0.25) is 5.02 Å². The molecule has 1 amide bonds. The number of carbonyl (C=O) groups is 1. The number of hydrazone groups is 1. The van der Waals surface area contributed by atoms with Crippen molar-refractivity contribution in [3.63, 3.8) is 0 Å². The molecule has 2 aliphatic heterocycles. The first-order chi connectivity index (χ1) is 15.0. The summed E-state index contributed by atoms with van der Waals surface area (Å²) in [4.78, 5) is 21.9. The first kappa shape index (κ1) is 24.7. The van der Waals surface area contributed by atoms with Crippen molar-refractivity contribution in [2.75, 3.05) is 12.4 Å². The molecule has 166 valence electrons. The number of hydrogen-bond donors (Lipinski definition) is 2. The average molecular weight is 464 g/mol. The van der Waals surface area contributed by atoms with Crippen molar-refractivity contribution in [2.24, 2.45) is 10.1 Å². The zero-order valence-corrected chi connectivity index (χ0v) is 19.3. The summed E-state index contributed by atoms with van der Waals surface area (Å²) in [6.45, 7) is 10.1. The fourth-order valence-electron chi connectivity index (χ4n) is 2.86. The quantitative estimate of drug-likeness (QED) is 0.472. The highest BCUT2D eigenvalue weighted by atomic mass is 35.5. The van der Waals surface area contributed by atoms with E-state index in [0.717, 1.165) is 11.1 Å². The number of amides is 1. The van der Waals surface area contributed by atoms with E-state index in [-0.39, 0.29) is 17.8 Å². The summed E-state index contributed by atoms with van der Waals surface area (Å²) in [5, 5.41) is 9.88. The zero-order chi connectivity index (χ0) is 22.8. The molecule has 31 heavy (non-hydrogen) atoms. The Labute approximate surface area is 193 Å². The number of hydrogen-bond acceptors (Lipinski definition) is 6. The molecule has 0 aromatic heterocycles. The second-order valence-electron chi connectivity index (χ2n) is 6.25.